The Labute approximate surface area is 223 Å². The smallest absolute Gasteiger partial charge is 0.176 e. The fourth-order valence-corrected chi connectivity index (χ4v) is 6.45. The van der Waals surface area contributed by atoms with Crippen LogP contribution in [-0.2, 0) is 9.84 Å². The number of fused-ring (bicyclic) bond motifs is 1. The molecule has 3 aromatic carbocycles. The number of rotatable bonds is 7. The third kappa shape index (κ3) is 5.37. The molecule has 5 rings (SSSR count). The third-order valence-corrected chi connectivity index (χ3v) is 8.42. The van der Waals surface area contributed by atoms with Gasteiger partial charge in [-0.05, 0) is 79.4 Å². The van der Waals surface area contributed by atoms with Crippen LogP contribution in [0.4, 0.5) is 0 Å². The van der Waals surface area contributed by atoms with Crippen molar-refractivity contribution in [2.45, 2.75) is 32.4 Å². The second kappa shape index (κ2) is 10.3. The molecule has 3 atom stereocenters. The molecule has 1 unspecified atom stereocenters. The molecule has 38 heavy (non-hydrogen) atoms. The van der Waals surface area contributed by atoms with Crippen LogP contribution in [0.25, 0.3) is 10.5 Å². The van der Waals surface area contributed by atoms with Crippen LogP contribution in [0.3, 0.4) is 0 Å². The molecule has 2 aliphatic heterocycles. The molecule has 2 aliphatic rings. The average molecular weight is 536 g/mol. The van der Waals surface area contributed by atoms with Crippen molar-refractivity contribution in [3.63, 3.8) is 0 Å². The second-order valence-electron chi connectivity index (χ2n) is 10.4. The van der Waals surface area contributed by atoms with Gasteiger partial charge in [-0.15, -0.1) is 0 Å². The van der Waals surface area contributed by atoms with Gasteiger partial charge < -0.3 is 19.7 Å². The van der Waals surface area contributed by atoms with Gasteiger partial charge in [0.15, 0.2) is 15.9 Å². The van der Waals surface area contributed by atoms with Crippen molar-refractivity contribution < 1.29 is 28.1 Å². The highest BCUT2D eigenvalue weighted by atomic mass is 32.2. The fraction of sp³-hybridized carbons (Fsp3) is 0.333. The van der Waals surface area contributed by atoms with Crippen molar-refractivity contribution in [2.75, 3.05) is 26.0 Å². The van der Waals surface area contributed by atoms with Gasteiger partial charge in [0, 0.05) is 30.0 Å². The van der Waals surface area contributed by atoms with Crippen molar-refractivity contribution in [3.8, 4) is 23.0 Å². The Kier molecular flexibility index (Phi) is 7.11. The summed E-state index contributed by atoms with van der Waals surface area (Å²) in [6.45, 7) is 7.21. The number of aromatic hydroxyl groups is 2. The van der Waals surface area contributed by atoms with Crippen LogP contribution < -0.4 is 9.47 Å². The SMILES string of the molecule is C[C@@H]1CCN([C@@H](C)COc2ccc(C3Oc4ccc(O)cc4C(S(C)(=O)=O)=C3c3cccc(O)c3)cc2)C1. The molecular formula is C30H33NO6S. The lowest BCUT2D eigenvalue weighted by molar-refractivity contribution is 0.169. The molecule has 2 heterocycles. The molecule has 0 aliphatic carbocycles. The molecule has 1 saturated heterocycles. The number of phenolic OH excluding ortho intramolecular Hbond substituents is 2. The number of hydrogen-bond acceptors (Lipinski definition) is 7. The molecule has 1 fully saturated rings. The van der Waals surface area contributed by atoms with Crippen molar-refractivity contribution in [3.05, 3.63) is 83.4 Å². The van der Waals surface area contributed by atoms with Crippen LogP contribution in [0.1, 0.15) is 43.1 Å². The molecule has 0 saturated carbocycles. The highest BCUT2D eigenvalue weighted by Crippen LogP contribution is 2.49. The number of nitrogens with zero attached hydrogens (tertiary/aromatic N) is 1. The zero-order valence-electron chi connectivity index (χ0n) is 21.8. The maximum atomic E-state index is 13.2. The molecule has 3 aromatic rings. The maximum Gasteiger partial charge on any atom is 0.176 e. The zero-order chi connectivity index (χ0) is 27.0. The molecular weight excluding hydrogens is 502 g/mol. The number of likely N-dealkylation sites (tertiary alicyclic amines) is 1. The number of ether oxygens (including phenoxy) is 2. The van der Waals surface area contributed by atoms with Crippen molar-refractivity contribution in [1.82, 2.24) is 4.90 Å². The first-order valence-electron chi connectivity index (χ1n) is 12.8. The molecule has 200 valence electrons. The molecule has 8 heteroatoms. The van der Waals surface area contributed by atoms with Gasteiger partial charge in [-0.2, -0.15) is 0 Å². The molecule has 0 aromatic heterocycles. The van der Waals surface area contributed by atoms with E-state index in [-0.39, 0.29) is 22.0 Å². The minimum absolute atomic E-state index is 0.00794. The summed E-state index contributed by atoms with van der Waals surface area (Å²) in [4.78, 5) is 2.50. The predicted octanol–water partition coefficient (Wildman–Crippen LogP) is 5.25. The van der Waals surface area contributed by atoms with E-state index in [4.69, 9.17) is 9.47 Å². The maximum absolute atomic E-state index is 13.2. The van der Waals surface area contributed by atoms with Gasteiger partial charge in [0.1, 0.15) is 29.6 Å². The highest BCUT2D eigenvalue weighted by Gasteiger charge is 2.36. The summed E-state index contributed by atoms with van der Waals surface area (Å²) in [6.07, 6.45) is 1.59. The Morgan fingerprint density at radius 2 is 1.79 bits per heavy atom. The molecule has 2 N–H and O–H groups in total. The van der Waals surface area contributed by atoms with Gasteiger partial charge in [-0.25, -0.2) is 8.42 Å². The summed E-state index contributed by atoms with van der Waals surface area (Å²) in [6, 6.07) is 18.7. The van der Waals surface area contributed by atoms with Gasteiger partial charge in [-0.3, -0.25) is 4.90 Å². The first-order valence-corrected chi connectivity index (χ1v) is 14.7. The average Bonchev–Trinajstić information content (AvgIpc) is 3.32. The van der Waals surface area contributed by atoms with Crippen LogP contribution in [0.5, 0.6) is 23.0 Å². The number of hydrogen-bond donors (Lipinski definition) is 2. The quantitative estimate of drug-likeness (QED) is 0.426. The van der Waals surface area contributed by atoms with E-state index in [1.54, 1.807) is 18.2 Å². The van der Waals surface area contributed by atoms with Crippen molar-refractivity contribution in [2.24, 2.45) is 5.92 Å². The predicted molar refractivity (Wildman–Crippen MR) is 148 cm³/mol. The lowest BCUT2D eigenvalue weighted by Gasteiger charge is -2.31. The van der Waals surface area contributed by atoms with E-state index in [2.05, 4.69) is 18.7 Å². The summed E-state index contributed by atoms with van der Waals surface area (Å²) in [5, 5.41) is 20.3. The van der Waals surface area contributed by atoms with Gasteiger partial charge in [0.2, 0.25) is 0 Å². The van der Waals surface area contributed by atoms with Crippen LogP contribution in [0.2, 0.25) is 0 Å². The molecule has 0 radical (unpaired) electrons. The van der Waals surface area contributed by atoms with E-state index >= 15 is 0 Å². The molecule has 7 nitrogen and oxygen atoms in total. The van der Waals surface area contributed by atoms with E-state index in [0.29, 0.717) is 35.5 Å². The van der Waals surface area contributed by atoms with Crippen molar-refractivity contribution in [1.29, 1.82) is 0 Å². The minimum Gasteiger partial charge on any atom is -0.508 e. The number of sulfone groups is 1. The van der Waals surface area contributed by atoms with Gasteiger partial charge in [-0.1, -0.05) is 31.2 Å². The van der Waals surface area contributed by atoms with Gasteiger partial charge in [0.05, 0.1) is 4.91 Å². The normalized spacial score (nSPS) is 20.6. The Morgan fingerprint density at radius 1 is 1.05 bits per heavy atom. The summed E-state index contributed by atoms with van der Waals surface area (Å²) < 4.78 is 38.8. The van der Waals surface area contributed by atoms with Crippen LogP contribution in [-0.4, -0.2) is 55.5 Å². The monoisotopic (exact) mass is 535 g/mol. The summed E-state index contributed by atoms with van der Waals surface area (Å²) in [5.74, 6) is 1.73. The van der Waals surface area contributed by atoms with E-state index in [1.807, 2.05) is 24.3 Å². The topological polar surface area (TPSA) is 96.3 Å². The van der Waals surface area contributed by atoms with Gasteiger partial charge >= 0.3 is 0 Å². The van der Waals surface area contributed by atoms with Crippen molar-refractivity contribution >= 4 is 20.3 Å². The summed E-state index contributed by atoms with van der Waals surface area (Å²) >= 11 is 0. The fourth-order valence-electron chi connectivity index (χ4n) is 5.27. The van der Waals surface area contributed by atoms with Crippen LogP contribution >= 0.6 is 0 Å². The second-order valence-corrected chi connectivity index (χ2v) is 12.3. The van der Waals surface area contributed by atoms with E-state index in [1.165, 1.54) is 30.7 Å². The lowest BCUT2D eigenvalue weighted by Crippen LogP contribution is -2.35. The third-order valence-electron chi connectivity index (χ3n) is 7.24. The molecule has 0 amide bonds. The number of benzene rings is 3. The van der Waals surface area contributed by atoms with E-state index in [9.17, 15) is 18.6 Å². The highest BCUT2D eigenvalue weighted by molar-refractivity contribution is 8.00. The van der Waals surface area contributed by atoms with Crippen LogP contribution in [0, 0.1) is 5.92 Å². The Hall–Kier alpha value is -3.49. The Bertz CT molecular complexity index is 1460. The van der Waals surface area contributed by atoms with Crippen LogP contribution in [0.15, 0.2) is 66.7 Å². The molecule has 0 spiro atoms. The first kappa shape index (κ1) is 26.1. The lowest BCUT2D eigenvalue weighted by atomic mass is 9.90. The van der Waals surface area contributed by atoms with E-state index in [0.717, 1.165) is 30.7 Å². The van der Waals surface area contributed by atoms with Gasteiger partial charge in [0.25, 0.3) is 0 Å². The zero-order valence-corrected chi connectivity index (χ0v) is 22.6. The summed E-state index contributed by atoms with van der Waals surface area (Å²) in [7, 11) is -3.77. The molecule has 0 bridgehead atoms. The summed E-state index contributed by atoms with van der Waals surface area (Å²) in [5.41, 5.74) is 1.93. The largest absolute Gasteiger partial charge is 0.508 e. The minimum atomic E-state index is -3.77. The number of phenols is 2. The Morgan fingerprint density at radius 3 is 2.45 bits per heavy atom. The van der Waals surface area contributed by atoms with E-state index < -0.39 is 15.9 Å². The standard InChI is InChI=1S/C30H33NO6S/c1-19-13-14-31(17-19)20(2)18-36-25-10-7-21(8-11-25)29-28(22-5-4-6-23(32)15-22)30(38(3,34)35)26-16-24(33)9-12-27(26)37-29/h4-12,15-16,19-20,29,32-33H,13-14,17-18H2,1-3H3/t19-,20+,29?/m1/s1. The Balaban J connectivity index is 1.51. The first-order chi connectivity index (χ1) is 18.1.